The van der Waals surface area contributed by atoms with Gasteiger partial charge < -0.3 is 11.1 Å². The molecule has 0 amide bonds. The lowest BCUT2D eigenvalue weighted by Gasteiger charge is -2.06. The van der Waals surface area contributed by atoms with Crippen molar-refractivity contribution in [1.29, 1.82) is 0 Å². The third-order valence-corrected chi connectivity index (χ3v) is 3.12. The summed E-state index contributed by atoms with van der Waals surface area (Å²) < 4.78 is 0. The topological polar surface area (TPSA) is 76.2 Å². The number of nitrogens with two attached hydrogens (primary N) is 1. The number of hydrogen-bond acceptors (Lipinski definition) is 3. The first kappa shape index (κ1) is 14.6. The number of nitrogens with zero attached hydrogens (tertiary/aromatic N) is 3. The Kier molecular flexibility index (Phi) is 4.42. The van der Waals surface area contributed by atoms with Crippen molar-refractivity contribution in [1.82, 2.24) is 9.97 Å². The summed E-state index contributed by atoms with van der Waals surface area (Å²) in [7, 11) is 0. The summed E-state index contributed by atoms with van der Waals surface area (Å²) in [5.74, 6) is 0.487. The minimum atomic E-state index is 0.174. The van der Waals surface area contributed by atoms with Gasteiger partial charge in [0.25, 0.3) is 5.95 Å². The van der Waals surface area contributed by atoms with Crippen LogP contribution < -0.4 is 11.1 Å². The molecule has 0 saturated heterocycles. The van der Waals surface area contributed by atoms with Gasteiger partial charge in [-0.1, -0.05) is 23.2 Å². The van der Waals surface area contributed by atoms with Crippen LogP contribution in [-0.2, 0) is 0 Å². The standard InChI is InChI=1S/C13H13Cl2N5/c1-7-5-8(2)18-13(17-7)20-12(16)19-9-3-4-10(14)11(15)6-9/h3-6H,1-2H3,(H3,16,17,18,19,20). The van der Waals surface area contributed by atoms with Crippen LogP contribution in [0.4, 0.5) is 11.6 Å². The van der Waals surface area contributed by atoms with Crippen LogP contribution in [0.5, 0.6) is 0 Å². The number of benzene rings is 1. The highest BCUT2D eigenvalue weighted by atomic mass is 35.5. The van der Waals surface area contributed by atoms with Gasteiger partial charge in [0.05, 0.1) is 10.0 Å². The van der Waals surface area contributed by atoms with Gasteiger partial charge in [0.2, 0.25) is 5.96 Å². The molecule has 0 unspecified atom stereocenters. The number of hydrogen-bond donors (Lipinski definition) is 2. The SMILES string of the molecule is Cc1cc(C)nc(N=C(N)Nc2ccc(Cl)c(Cl)c2)n1. The average Bonchev–Trinajstić information content (AvgIpc) is 2.32. The maximum absolute atomic E-state index is 5.92. The molecule has 0 bridgehead atoms. The molecule has 0 spiro atoms. The van der Waals surface area contributed by atoms with Crippen LogP contribution in [0.3, 0.4) is 0 Å². The lowest BCUT2D eigenvalue weighted by molar-refractivity contribution is 1.04. The maximum Gasteiger partial charge on any atom is 0.253 e. The van der Waals surface area contributed by atoms with Crippen molar-refractivity contribution in [2.45, 2.75) is 13.8 Å². The first-order valence-corrected chi connectivity index (χ1v) is 6.58. The van der Waals surface area contributed by atoms with Crippen molar-refractivity contribution < 1.29 is 0 Å². The van der Waals surface area contributed by atoms with E-state index in [9.17, 15) is 0 Å². The molecule has 1 aromatic carbocycles. The molecule has 5 nitrogen and oxygen atoms in total. The second kappa shape index (κ2) is 6.07. The van der Waals surface area contributed by atoms with E-state index in [1.807, 2.05) is 19.9 Å². The van der Waals surface area contributed by atoms with Crippen LogP contribution in [0.2, 0.25) is 10.0 Å². The van der Waals surface area contributed by atoms with Gasteiger partial charge in [-0.05, 0) is 38.1 Å². The molecular weight excluding hydrogens is 297 g/mol. The quantitative estimate of drug-likeness (QED) is 0.658. The third kappa shape index (κ3) is 3.82. The Morgan fingerprint density at radius 1 is 1.10 bits per heavy atom. The van der Waals surface area contributed by atoms with Gasteiger partial charge in [-0.25, -0.2) is 9.97 Å². The Hall–Kier alpha value is -1.85. The Balaban J connectivity index is 2.20. The largest absolute Gasteiger partial charge is 0.369 e. The first-order chi connectivity index (χ1) is 9.44. The average molecular weight is 310 g/mol. The van der Waals surface area contributed by atoms with Gasteiger partial charge in [-0.2, -0.15) is 4.99 Å². The molecule has 3 N–H and O–H groups in total. The molecule has 0 atom stereocenters. The zero-order chi connectivity index (χ0) is 14.7. The number of halogens is 2. The van der Waals surface area contributed by atoms with Crippen molar-refractivity contribution >= 4 is 40.8 Å². The number of aliphatic imine (C=N–C) groups is 1. The van der Waals surface area contributed by atoms with Gasteiger partial charge in [0.1, 0.15) is 0 Å². The number of anilines is 1. The van der Waals surface area contributed by atoms with Crippen LogP contribution >= 0.6 is 23.2 Å². The van der Waals surface area contributed by atoms with Crippen LogP contribution in [0.1, 0.15) is 11.4 Å². The lowest BCUT2D eigenvalue weighted by Crippen LogP contribution is -2.22. The van der Waals surface area contributed by atoms with Crippen LogP contribution in [0, 0.1) is 13.8 Å². The highest BCUT2D eigenvalue weighted by Gasteiger charge is 2.02. The fraction of sp³-hybridized carbons (Fsp3) is 0.154. The summed E-state index contributed by atoms with van der Waals surface area (Å²) in [5, 5.41) is 3.82. The molecule has 2 rings (SSSR count). The van der Waals surface area contributed by atoms with Crippen molar-refractivity contribution in [2.24, 2.45) is 10.7 Å². The van der Waals surface area contributed by atoms with E-state index in [0.29, 0.717) is 21.7 Å². The zero-order valence-corrected chi connectivity index (χ0v) is 12.5. The van der Waals surface area contributed by atoms with Crippen LogP contribution in [0.15, 0.2) is 29.3 Å². The second-order valence-corrected chi connectivity index (χ2v) is 5.02. The molecule has 0 saturated carbocycles. The highest BCUT2D eigenvalue weighted by molar-refractivity contribution is 6.42. The Morgan fingerprint density at radius 3 is 2.35 bits per heavy atom. The predicted octanol–water partition coefficient (Wildman–Crippen LogP) is 3.46. The highest BCUT2D eigenvalue weighted by Crippen LogP contribution is 2.24. The number of aryl methyl sites for hydroxylation is 2. The predicted molar refractivity (Wildman–Crippen MR) is 82.9 cm³/mol. The summed E-state index contributed by atoms with van der Waals surface area (Å²) in [4.78, 5) is 12.5. The fourth-order valence-corrected chi connectivity index (χ4v) is 1.91. The monoisotopic (exact) mass is 309 g/mol. The fourth-order valence-electron chi connectivity index (χ4n) is 1.61. The summed E-state index contributed by atoms with van der Waals surface area (Å²) in [6, 6.07) is 6.95. The molecule has 20 heavy (non-hydrogen) atoms. The van der Waals surface area contributed by atoms with Gasteiger partial charge in [-0.3, -0.25) is 0 Å². The number of rotatable bonds is 2. The summed E-state index contributed by atoms with van der Waals surface area (Å²) in [6.45, 7) is 3.74. The minimum Gasteiger partial charge on any atom is -0.369 e. The van der Waals surface area contributed by atoms with E-state index in [4.69, 9.17) is 28.9 Å². The molecule has 0 aliphatic carbocycles. The second-order valence-electron chi connectivity index (χ2n) is 4.20. The van der Waals surface area contributed by atoms with E-state index in [0.717, 1.165) is 11.4 Å². The van der Waals surface area contributed by atoms with Crippen molar-refractivity contribution in [3.63, 3.8) is 0 Å². The summed E-state index contributed by atoms with van der Waals surface area (Å²) in [5.41, 5.74) is 8.16. The van der Waals surface area contributed by atoms with Crippen molar-refractivity contribution in [2.75, 3.05) is 5.32 Å². The molecule has 104 valence electrons. The van der Waals surface area contributed by atoms with Crippen molar-refractivity contribution in [3.8, 4) is 0 Å². The first-order valence-electron chi connectivity index (χ1n) is 5.82. The minimum absolute atomic E-state index is 0.174. The zero-order valence-electron chi connectivity index (χ0n) is 11.0. The molecule has 0 radical (unpaired) electrons. The van der Waals surface area contributed by atoms with Crippen LogP contribution in [0.25, 0.3) is 0 Å². The maximum atomic E-state index is 5.92. The van der Waals surface area contributed by atoms with E-state index in [1.165, 1.54) is 0 Å². The van der Waals surface area contributed by atoms with Crippen LogP contribution in [-0.4, -0.2) is 15.9 Å². The number of aromatic nitrogens is 2. The third-order valence-electron chi connectivity index (χ3n) is 2.38. The van der Waals surface area contributed by atoms with Gasteiger partial charge >= 0.3 is 0 Å². The van der Waals surface area contributed by atoms with Gasteiger partial charge in [0.15, 0.2) is 0 Å². The van der Waals surface area contributed by atoms with Gasteiger partial charge in [0, 0.05) is 17.1 Å². The van der Waals surface area contributed by atoms with E-state index < -0.39 is 0 Å². The lowest BCUT2D eigenvalue weighted by atomic mass is 10.3. The van der Waals surface area contributed by atoms with E-state index in [1.54, 1.807) is 18.2 Å². The summed E-state index contributed by atoms with van der Waals surface area (Å²) in [6.07, 6.45) is 0. The number of guanidine groups is 1. The molecule has 0 aliphatic rings. The molecular formula is C13H13Cl2N5. The molecule has 1 heterocycles. The Labute approximate surface area is 126 Å². The number of nitrogens with one attached hydrogen (secondary N) is 1. The normalized spacial score (nSPS) is 11.5. The Morgan fingerprint density at radius 2 is 1.75 bits per heavy atom. The molecule has 2 aromatic rings. The Bertz CT molecular complexity index is 650. The van der Waals surface area contributed by atoms with E-state index >= 15 is 0 Å². The summed E-state index contributed by atoms with van der Waals surface area (Å²) >= 11 is 11.8. The van der Waals surface area contributed by atoms with E-state index in [-0.39, 0.29) is 5.96 Å². The molecule has 0 fully saturated rings. The van der Waals surface area contributed by atoms with E-state index in [2.05, 4.69) is 20.3 Å². The van der Waals surface area contributed by atoms with Crippen molar-refractivity contribution in [3.05, 3.63) is 45.7 Å². The molecule has 1 aromatic heterocycles. The molecule has 0 aliphatic heterocycles. The smallest absolute Gasteiger partial charge is 0.253 e. The van der Waals surface area contributed by atoms with Gasteiger partial charge in [-0.15, -0.1) is 0 Å². The molecule has 7 heteroatoms.